The molecule has 1 aromatic carbocycles. The summed E-state index contributed by atoms with van der Waals surface area (Å²) in [4.78, 5) is 23.7. The predicted molar refractivity (Wildman–Crippen MR) is 230 cm³/mol. The van der Waals surface area contributed by atoms with Crippen LogP contribution >= 0.6 is 0 Å². The Balaban J connectivity index is 2.00. The Morgan fingerprint density at radius 1 is 0.870 bits per heavy atom. The van der Waals surface area contributed by atoms with Crippen LogP contribution in [0.15, 0.2) is 105 Å². The zero-order valence-electron chi connectivity index (χ0n) is 34.8. The van der Waals surface area contributed by atoms with E-state index in [-0.39, 0.29) is 5.92 Å². The Morgan fingerprint density at radius 2 is 1.52 bits per heavy atom. The van der Waals surface area contributed by atoms with E-state index in [1.807, 2.05) is 49.6 Å². The predicted octanol–water partition coefficient (Wildman–Crippen LogP) is 11.5. The van der Waals surface area contributed by atoms with Crippen molar-refractivity contribution in [2.45, 2.75) is 96.4 Å². The van der Waals surface area contributed by atoms with Crippen LogP contribution < -0.4 is 0 Å². The van der Waals surface area contributed by atoms with Gasteiger partial charge in [-0.15, -0.1) is 10.8 Å². The Kier molecular flexibility index (Phi) is 14.1. The van der Waals surface area contributed by atoms with E-state index in [0.29, 0.717) is 5.82 Å². The number of hydrogen-bond donors (Lipinski definition) is 0. The number of benzene rings is 1. The summed E-state index contributed by atoms with van der Waals surface area (Å²) in [7, 11) is 1.80. The van der Waals surface area contributed by atoms with Crippen LogP contribution in [0.25, 0.3) is 28.7 Å². The van der Waals surface area contributed by atoms with Gasteiger partial charge in [0.25, 0.3) is 0 Å². The van der Waals surface area contributed by atoms with E-state index >= 15 is 0 Å². The van der Waals surface area contributed by atoms with E-state index in [9.17, 15) is 0 Å². The summed E-state index contributed by atoms with van der Waals surface area (Å²) in [6, 6.07) is 12.0. The van der Waals surface area contributed by atoms with Crippen LogP contribution in [-0.4, -0.2) is 43.8 Å². The summed E-state index contributed by atoms with van der Waals surface area (Å²) in [5, 5.41) is 5.28. The highest BCUT2D eigenvalue weighted by Gasteiger charge is 2.26. The molecule has 3 heterocycles. The highest BCUT2D eigenvalue weighted by Crippen LogP contribution is 2.37. The molecule has 0 spiro atoms. The van der Waals surface area contributed by atoms with Crippen molar-refractivity contribution in [3.05, 3.63) is 140 Å². The normalized spacial score (nSPS) is 12.8. The molecular formula is C47H57N7. The Hall–Kier alpha value is -5.52. The summed E-state index contributed by atoms with van der Waals surface area (Å²) in [6.07, 6.45) is 12.8. The third-order valence-corrected chi connectivity index (χ3v) is 9.68. The third-order valence-electron chi connectivity index (χ3n) is 9.68. The zero-order valence-corrected chi connectivity index (χ0v) is 34.8. The molecule has 280 valence electrons. The maximum Gasteiger partial charge on any atom is 0.175 e. The largest absolute Gasteiger partial charge is 0.270 e. The van der Waals surface area contributed by atoms with Gasteiger partial charge in [0.2, 0.25) is 0 Å². The van der Waals surface area contributed by atoms with Crippen molar-refractivity contribution in [3.63, 3.8) is 0 Å². The second-order valence-electron chi connectivity index (χ2n) is 14.5. The van der Waals surface area contributed by atoms with Crippen molar-refractivity contribution >= 4 is 29.4 Å². The van der Waals surface area contributed by atoms with Gasteiger partial charge in [-0.25, -0.2) is 14.7 Å². The second-order valence-corrected chi connectivity index (χ2v) is 14.5. The van der Waals surface area contributed by atoms with Gasteiger partial charge in [-0.05, 0) is 153 Å². The Labute approximate surface area is 323 Å². The second kappa shape index (κ2) is 18.5. The fourth-order valence-electron chi connectivity index (χ4n) is 6.86. The number of aliphatic imine (C=N–C) groups is 2. The van der Waals surface area contributed by atoms with E-state index in [2.05, 4.69) is 138 Å². The first kappa shape index (κ1) is 41.2. The highest BCUT2D eigenvalue weighted by molar-refractivity contribution is 6.06. The standard InChI is InChI=1S/C47H57N7/c1-15-49-46(48-14)43-35(10)37(12)44(38(13)36(43)11)47-52-42(28-33(8)32(7)27-39(24-29(2)3)41-21-17-19-23-51-41)53-54(47)45(30(4)5)34(9)25-31(6)26-40-20-16-18-22-50-40/h15-25,28,34H,26H2,1-14H3/b31-25?,33-28+,48-46?,49-15?. The van der Waals surface area contributed by atoms with Crippen LogP contribution in [0, 0.1) is 33.6 Å². The topological polar surface area (TPSA) is 81.2 Å². The lowest BCUT2D eigenvalue weighted by Crippen LogP contribution is -2.14. The number of nitrogens with zero attached hydrogens (tertiary/aromatic N) is 7. The summed E-state index contributed by atoms with van der Waals surface area (Å²) < 4.78 is 2.08. The molecule has 1 unspecified atom stereocenters. The lowest BCUT2D eigenvalue weighted by molar-refractivity contribution is 0.778. The monoisotopic (exact) mass is 719 g/mol. The highest BCUT2D eigenvalue weighted by atomic mass is 15.4. The summed E-state index contributed by atoms with van der Waals surface area (Å²) >= 11 is 0. The summed E-state index contributed by atoms with van der Waals surface area (Å²) in [5.41, 5.74) is 19.8. The van der Waals surface area contributed by atoms with Crippen LogP contribution in [0.3, 0.4) is 0 Å². The van der Waals surface area contributed by atoms with Crippen LogP contribution in [0.4, 0.5) is 0 Å². The zero-order chi connectivity index (χ0) is 39.7. The van der Waals surface area contributed by atoms with Gasteiger partial charge in [0.05, 0.1) is 5.69 Å². The third kappa shape index (κ3) is 9.71. The van der Waals surface area contributed by atoms with Crippen LogP contribution in [0.5, 0.6) is 0 Å². The number of pyridine rings is 2. The minimum atomic E-state index is 0.0476. The quantitative estimate of drug-likeness (QED) is 0.0508. The van der Waals surface area contributed by atoms with Crippen molar-refractivity contribution in [2.75, 3.05) is 7.05 Å². The lowest BCUT2D eigenvalue weighted by atomic mass is 9.87. The van der Waals surface area contributed by atoms with E-state index in [0.717, 1.165) is 85.3 Å². The maximum absolute atomic E-state index is 5.33. The van der Waals surface area contributed by atoms with Gasteiger partial charge in [0.1, 0.15) is 0 Å². The Morgan fingerprint density at radius 3 is 2.06 bits per heavy atom. The lowest BCUT2D eigenvalue weighted by Gasteiger charge is -2.22. The van der Waals surface area contributed by atoms with Crippen molar-refractivity contribution < 1.29 is 0 Å². The van der Waals surface area contributed by atoms with Crippen molar-refractivity contribution in [2.24, 2.45) is 15.9 Å². The van der Waals surface area contributed by atoms with Gasteiger partial charge in [-0.3, -0.25) is 15.0 Å². The smallest absolute Gasteiger partial charge is 0.175 e. The molecule has 54 heavy (non-hydrogen) atoms. The fourth-order valence-corrected chi connectivity index (χ4v) is 6.86. The first-order chi connectivity index (χ1) is 25.7. The molecule has 1 atom stereocenters. The number of rotatable bonds is 11. The van der Waals surface area contributed by atoms with Crippen molar-refractivity contribution in [1.82, 2.24) is 24.7 Å². The minimum Gasteiger partial charge on any atom is -0.270 e. The maximum atomic E-state index is 5.33. The number of allylic oxidation sites excluding steroid dienone is 8. The SMILES string of the molecule is CC=NC(=NC)c1c(C)c(C)c(-c2nc(/C=C(\C)C(C)=C=C(C=C(C)C)c3ccccn3)nn2C(=C(C)C)C(C)C=C(C)Cc2ccccn2)c(C)c1C. The van der Waals surface area contributed by atoms with E-state index in [4.69, 9.17) is 10.1 Å². The molecule has 0 fully saturated rings. The molecule has 7 heteroatoms. The molecule has 0 amide bonds. The first-order valence-electron chi connectivity index (χ1n) is 18.7. The van der Waals surface area contributed by atoms with Crippen LogP contribution in [0.1, 0.15) is 107 Å². The first-order valence-corrected chi connectivity index (χ1v) is 18.7. The Bertz CT molecular complexity index is 2210. The van der Waals surface area contributed by atoms with Gasteiger partial charge >= 0.3 is 0 Å². The van der Waals surface area contributed by atoms with Gasteiger partial charge in [0.15, 0.2) is 17.5 Å². The average Bonchev–Trinajstić information content (AvgIpc) is 3.52. The molecule has 0 aliphatic heterocycles. The average molecular weight is 720 g/mol. The van der Waals surface area contributed by atoms with Gasteiger partial charge < -0.3 is 0 Å². The molecule has 0 radical (unpaired) electrons. The molecule has 0 bridgehead atoms. The van der Waals surface area contributed by atoms with E-state index in [1.165, 1.54) is 16.7 Å². The van der Waals surface area contributed by atoms with Crippen LogP contribution in [0.2, 0.25) is 0 Å². The fraction of sp³-hybridized carbons (Fsp3) is 0.340. The molecular weight excluding hydrogens is 663 g/mol. The van der Waals surface area contributed by atoms with E-state index in [1.54, 1.807) is 13.3 Å². The number of hydrogen-bond acceptors (Lipinski definition) is 5. The number of aromatic nitrogens is 5. The molecule has 7 nitrogen and oxygen atoms in total. The minimum absolute atomic E-state index is 0.0476. The van der Waals surface area contributed by atoms with Gasteiger partial charge in [-0.1, -0.05) is 41.9 Å². The van der Waals surface area contributed by atoms with Gasteiger partial charge in [-0.2, -0.15) is 0 Å². The van der Waals surface area contributed by atoms with E-state index < -0.39 is 0 Å². The molecule has 0 aliphatic carbocycles. The molecule has 4 rings (SSSR count). The number of amidine groups is 1. The summed E-state index contributed by atoms with van der Waals surface area (Å²) in [5.74, 6) is 2.22. The van der Waals surface area contributed by atoms with Gasteiger partial charge in [0, 0.05) is 66.1 Å². The van der Waals surface area contributed by atoms with Crippen molar-refractivity contribution in [3.8, 4) is 11.4 Å². The summed E-state index contributed by atoms with van der Waals surface area (Å²) in [6.45, 7) is 27.7. The molecule has 3 aromatic heterocycles. The molecule has 4 aromatic rings. The molecule has 0 aliphatic rings. The van der Waals surface area contributed by atoms with Crippen LogP contribution in [-0.2, 0) is 6.42 Å². The molecule has 0 saturated heterocycles. The molecule has 0 N–H and O–H groups in total. The molecule has 0 saturated carbocycles. The van der Waals surface area contributed by atoms with Crippen molar-refractivity contribution in [1.29, 1.82) is 0 Å².